The Morgan fingerprint density at radius 3 is 2.78 bits per heavy atom. The fraction of sp³-hybridized carbons (Fsp3) is 0.692. The van der Waals surface area contributed by atoms with Gasteiger partial charge in [-0.2, -0.15) is 4.98 Å². The highest BCUT2D eigenvalue weighted by molar-refractivity contribution is 5.39. The Morgan fingerprint density at radius 1 is 1.11 bits per heavy atom. The molecular formula is C13H24N4O. The van der Waals surface area contributed by atoms with Crippen LogP contribution >= 0.6 is 0 Å². The van der Waals surface area contributed by atoms with Crippen LogP contribution in [0.5, 0.6) is 0 Å². The van der Waals surface area contributed by atoms with Crippen molar-refractivity contribution in [2.45, 2.75) is 33.1 Å². The predicted octanol–water partition coefficient (Wildman–Crippen LogP) is 2.53. The second-order valence-corrected chi connectivity index (χ2v) is 4.08. The van der Waals surface area contributed by atoms with Gasteiger partial charge in [-0.1, -0.05) is 20.3 Å². The summed E-state index contributed by atoms with van der Waals surface area (Å²) in [6.07, 6.45) is 5.11. The molecule has 0 aliphatic heterocycles. The number of ether oxygens (including phenoxy) is 1. The maximum atomic E-state index is 5.47. The number of aromatic nitrogens is 2. The molecule has 18 heavy (non-hydrogen) atoms. The van der Waals surface area contributed by atoms with Gasteiger partial charge in [0.05, 0.1) is 6.61 Å². The number of hydrogen-bond acceptors (Lipinski definition) is 5. The Labute approximate surface area is 109 Å². The van der Waals surface area contributed by atoms with Gasteiger partial charge in [0.15, 0.2) is 0 Å². The van der Waals surface area contributed by atoms with Crippen LogP contribution in [0.25, 0.3) is 0 Å². The molecule has 1 aromatic rings. The molecule has 102 valence electrons. The minimum Gasteiger partial charge on any atom is -0.380 e. The van der Waals surface area contributed by atoms with Crippen LogP contribution in [0.3, 0.4) is 0 Å². The molecule has 0 saturated heterocycles. The molecule has 5 nitrogen and oxygen atoms in total. The molecule has 0 fully saturated rings. The third-order valence-electron chi connectivity index (χ3n) is 2.38. The first-order valence-electron chi connectivity index (χ1n) is 6.75. The van der Waals surface area contributed by atoms with E-state index in [1.165, 1.54) is 6.42 Å². The topological polar surface area (TPSA) is 59.1 Å². The van der Waals surface area contributed by atoms with Gasteiger partial charge in [-0.15, -0.1) is 0 Å². The van der Waals surface area contributed by atoms with Crippen molar-refractivity contribution in [1.82, 2.24) is 9.97 Å². The second-order valence-electron chi connectivity index (χ2n) is 4.08. The molecule has 5 heteroatoms. The van der Waals surface area contributed by atoms with E-state index in [1.807, 2.05) is 6.07 Å². The molecule has 1 rings (SSSR count). The zero-order chi connectivity index (χ0) is 13.1. The lowest BCUT2D eigenvalue weighted by Crippen LogP contribution is -2.12. The molecule has 0 bridgehead atoms. The van der Waals surface area contributed by atoms with Crippen molar-refractivity contribution in [1.29, 1.82) is 0 Å². The SMILES string of the molecule is CCCCOCCNc1ccnc(NCCC)n1. The van der Waals surface area contributed by atoms with E-state index in [9.17, 15) is 0 Å². The zero-order valence-electron chi connectivity index (χ0n) is 11.4. The molecule has 0 unspecified atom stereocenters. The molecule has 0 aliphatic carbocycles. The lowest BCUT2D eigenvalue weighted by molar-refractivity contribution is 0.141. The van der Waals surface area contributed by atoms with E-state index in [1.54, 1.807) is 6.20 Å². The summed E-state index contributed by atoms with van der Waals surface area (Å²) in [5.41, 5.74) is 0. The summed E-state index contributed by atoms with van der Waals surface area (Å²) in [4.78, 5) is 8.51. The summed E-state index contributed by atoms with van der Waals surface area (Å²) in [6.45, 7) is 7.49. The van der Waals surface area contributed by atoms with Gasteiger partial charge in [0.2, 0.25) is 5.95 Å². The van der Waals surface area contributed by atoms with E-state index in [0.717, 1.165) is 38.4 Å². The van der Waals surface area contributed by atoms with Crippen molar-refractivity contribution in [3.05, 3.63) is 12.3 Å². The number of nitrogens with zero attached hydrogens (tertiary/aromatic N) is 2. The first-order chi connectivity index (χ1) is 8.86. The van der Waals surface area contributed by atoms with Crippen LogP contribution in [-0.4, -0.2) is 36.3 Å². The van der Waals surface area contributed by atoms with Crippen molar-refractivity contribution >= 4 is 11.8 Å². The van der Waals surface area contributed by atoms with Crippen molar-refractivity contribution < 1.29 is 4.74 Å². The molecule has 0 spiro atoms. The smallest absolute Gasteiger partial charge is 0.224 e. The number of nitrogens with one attached hydrogen (secondary N) is 2. The third-order valence-corrected chi connectivity index (χ3v) is 2.38. The van der Waals surface area contributed by atoms with Crippen molar-refractivity contribution in [2.75, 3.05) is 36.9 Å². The van der Waals surface area contributed by atoms with Crippen molar-refractivity contribution in [2.24, 2.45) is 0 Å². The van der Waals surface area contributed by atoms with E-state index in [4.69, 9.17) is 4.74 Å². The fourth-order valence-corrected chi connectivity index (χ4v) is 1.38. The van der Waals surface area contributed by atoms with Crippen LogP contribution in [0.1, 0.15) is 33.1 Å². The number of unbranched alkanes of at least 4 members (excludes halogenated alkanes) is 1. The van der Waals surface area contributed by atoms with Gasteiger partial charge >= 0.3 is 0 Å². The van der Waals surface area contributed by atoms with E-state index < -0.39 is 0 Å². The summed E-state index contributed by atoms with van der Waals surface area (Å²) in [5.74, 6) is 1.51. The maximum absolute atomic E-state index is 5.47. The summed E-state index contributed by atoms with van der Waals surface area (Å²) in [6, 6.07) is 1.86. The second kappa shape index (κ2) is 9.65. The Balaban J connectivity index is 2.20. The molecule has 0 aromatic carbocycles. The van der Waals surface area contributed by atoms with Gasteiger partial charge in [0.1, 0.15) is 5.82 Å². The Morgan fingerprint density at radius 2 is 2.00 bits per heavy atom. The summed E-state index contributed by atoms with van der Waals surface area (Å²) >= 11 is 0. The highest BCUT2D eigenvalue weighted by atomic mass is 16.5. The lowest BCUT2D eigenvalue weighted by Gasteiger charge is -2.08. The molecule has 2 N–H and O–H groups in total. The highest BCUT2D eigenvalue weighted by Crippen LogP contribution is 2.05. The van der Waals surface area contributed by atoms with Gasteiger partial charge in [-0.3, -0.25) is 0 Å². The van der Waals surface area contributed by atoms with Crippen LogP contribution < -0.4 is 10.6 Å². The highest BCUT2D eigenvalue weighted by Gasteiger charge is 1.97. The first kappa shape index (κ1) is 14.7. The molecular weight excluding hydrogens is 228 g/mol. The van der Waals surface area contributed by atoms with Gasteiger partial charge in [0, 0.05) is 25.9 Å². The Kier molecular flexibility index (Phi) is 7.88. The van der Waals surface area contributed by atoms with Gasteiger partial charge in [0.25, 0.3) is 0 Å². The monoisotopic (exact) mass is 252 g/mol. The summed E-state index contributed by atoms with van der Waals surface area (Å²) in [5, 5.41) is 6.38. The van der Waals surface area contributed by atoms with Crippen LogP contribution in [-0.2, 0) is 4.74 Å². The molecule has 0 radical (unpaired) electrons. The van der Waals surface area contributed by atoms with E-state index in [0.29, 0.717) is 12.6 Å². The van der Waals surface area contributed by atoms with Gasteiger partial charge in [-0.05, 0) is 18.9 Å². The molecule has 1 heterocycles. The van der Waals surface area contributed by atoms with E-state index in [2.05, 4.69) is 34.4 Å². The molecule has 1 aromatic heterocycles. The predicted molar refractivity (Wildman–Crippen MR) is 75.0 cm³/mol. The number of rotatable bonds is 10. The van der Waals surface area contributed by atoms with Crippen LogP contribution in [0.2, 0.25) is 0 Å². The Hall–Kier alpha value is -1.36. The minimum absolute atomic E-state index is 0.675. The molecule has 0 amide bonds. The van der Waals surface area contributed by atoms with Crippen LogP contribution in [0.4, 0.5) is 11.8 Å². The standard InChI is InChI=1S/C13H24N4O/c1-3-5-10-18-11-9-14-12-6-8-16-13(17-12)15-7-4-2/h6,8H,3-5,7,9-11H2,1-2H3,(H2,14,15,16,17). The number of hydrogen-bond donors (Lipinski definition) is 2. The average molecular weight is 252 g/mol. The normalized spacial score (nSPS) is 10.3. The molecule has 0 atom stereocenters. The fourth-order valence-electron chi connectivity index (χ4n) is 1.38. The molecule has 0 aliphatic rings. The zero-order valence-corrected chi connectivity index (χ0v) is 11.4. The average Bonchev–Trinajstić information content (AvgIpc) is 2.41. The Bertz CT molecular complexity index is 320. The molecule has 0 saturated carbocycles. The summed E-state index contributed by atoms with van der Waals surface area (Å²) < 4.78 is 5.47. The summed E-state index contributed by atoms with van der Waals surface area (Å²) in [7, 11) is 0. The largest absolute Gasteiger partial charge is 0.380 e. The van der Waals surface area contributed by atoms with Gasteiger partial charge in [-0.25, -0.2) is 4.98 Å². The van der Waals surface area contributed by atoms with Gasteiger partial charge < -0.3 is 15.4 Å². The minimum atomic E-state index is 0.675. The quantitative estimate of drug-likeness (QED) is 0.627. The maximum Gasteiger partial charge on any atom is 0.224 e. The number of anilines is 2. The van der Waals surface area contributed by atoms with E-state index >= 15 is 0 Å². The van der Waals surface area contributed by atoms with E-state index in [-0.39, 0.29) is 0 Å². The lowest BCUT2D eigenvalue weighted by atomic mass is 10.4. The first-order valence-corrected chi connectivity index (χ1v) is 6.75. The third kappa shape index (κ3) is 6.39. The van der Waals surface area contributed by atoms with Crippen LogP contribution in [0, 0.1) is 0 Å². The van der Waals surface area contributed by atoms with Crippen molar-refractivity contribution in [3.8, 4) is 0 Å². The van der Waals surface area contributed by atoms with Crippen molar-refractivity contribution in [3.63, 3.8) is 0 Å². The van der Waals surface area contributed by atoms with Crippen LogP contribution in [0.15, 0.2) is 12.3 Å².